The topological polar surface area (TPSA) is 56.5 Å². The van der Waals surface area contributed by atoms with Gasteiger partial charge in [0.1, 0.15) is 11.3 Å². The Kier molecular flexibility index (Phi) is 5.14. The third-order valence-corrected chi connectivity index (χ3v) is 5.03. The number of fused-ring (bicyclic) bond motifs is 1. The first kappa shape index (κ1) is 19.2. The molecule has 29 heavy (non-hydrogen) atoms. The molecule has 0 spiro atoms. The standard InChI is InChI=1S/C23H14Cl2O4/c1-13-19-10-9-18(28-22(26)15-3-2-4-17(25)11-15)12-20(19)29-23(27)21(13)14-5-7-16(24)8-6-14/h2-12H,1H3. The van der Waals surface area contributed by atoms with E-state index >= 15 is 0 Å². The zero-order valence-electron chi connectivity index (χ0n) is 15.2. The summed E-state index contributed by atoms with van der Waals surface area (Å²) in [5.74, 6) is -0.284. The largest absolute Gasteiger partial charge is 0.423 e. The minimum absolute atomic E-state index is 0.268. The van der Waals surface area contributed by atoms with Crippen molar-refractivity contribution in [1.82, 2.24) is 0 Å². The Labute approximate surface area is 176 Å². The molecule has 0 amide bonds. The lowest BCUT2D eigenvalue weighted by molar-refractivity contribution is 0.0735. The summed E-state index contributed by atoms with van der Waals surface area (Å²) < 4.78 is 10.9. The van der Waals surface area contributed by atoms with E-state index in [9.17, 15) is 9.59 Å². The van der Waals surface area contributed by atoms with Crippen LogP contribution >= 0.6 is 23.2 Å². The molecule has 0 bridgehead atoms. The van der Waals surface area contributed by atoms with Crippen molar-refractivity contribution in [1.29, 1.82) is 0 Å². The van der Waals surface area contributed by atoms with E-state index in [1.807, 2.05) is 6.92 Å². The van der Waals surface area contributed by atoms with Gasteiger partial charge in [0.2, 0.25) is 0 Å². The van der Waals surface area contributed by atoms with E-state index in [1.54, 1.807) is 54.6 Å². The van der Waals surface area contributed by atoms with Crippen LogP contribution in [0.5, 0.6) is 5.75 Å². The van der Waals surface area contributed by atoms with Gasteiger partial charge in [-0.15, -0.1) is 0 Å². The second kappa shape index (κ2) is 7.74. The zero-order chi connectivity index (χ0) is 20.5. The third-order valence-electron chi connectivity index (χ3n) is 4.54. The highest BCUT2D eigenvalue weighted by Gasteiger charge is 2.15. The molecule has 0 radical (unpaired) electrons. The highest BCUT2D eigenvalue weighted by atomic mass is 35.5. The molecule has 4 rings (SSSR count). The van der Waals surface area contributed by atoms with Gasteiger partial charge in [-0.2, -0.15) is 0 Å². The van der Waals surface area contributed by atoms with Crippen molar-refractivity contribution in [2.75, 3.05) is 0 Å². The number of carbonyl (C=O) groups is 1. The molecule has 0 saturated heterocycles. The number of hydrogen-bond acceptors (Lipinski definition) is 4. The molecule has 0 aliphatic rings. The molecule has 0 unspecified atom stereocenters. The smallest absolute Gasteiger partial charge is 0.344 e. The van der Waals surface area contributed by atoms with E-state index in [4.69, 9.17) is 32.4 Å². The summed E-state index contributed by atoms with van der Waals surface area (Å²) in [6, 6.07) is 18.4. The lowest BCUT2D eigenvalue weighted by Gasteiger charge is -2.10. The summed E-state index contributed by atoms with van der Waals surface area (Å²) >= 11 is 11.8. The molecular weight excluding hydrogens is 411 g/mol. The molecule has 6 heteroatoms. The van der Waals surface area contributed by atoms with E-state index < -0.39 is 11.6 Å². The normalized spacial score (nSPS) is 10.9. The number of benzene rings is 3. The second-order valence-corrected chi connectivity index (χ2v) is 7.33. The monoisotopic (exact) mass is 424 g/mol. The predicted octanol–water partition coefficient (Wildman–Crippen LogP) is 6.29. The van der Waals surface area contributed by atoms with E-state index in [1.165, 1.54) is 12.1 Å². The van der Waals surface area contributed by atoms with Crippen LogP contribution in [0.3, 0.4) is 0 Å². The molecule has 4 nitrogen and oxygen atoms in total. The number of rotatable bonds is 3. The van der Waals surface area contributed by atoms with Gasteiger partial charge in [0.15, 0.2) is 0 Å². The van der Waals surface area contributed by atoms with E-state index in [0.717, 1.165) is 16.5 Å². The molecule has 4 aromatic rings. The zero-order valence-corrected chi connectivity index (χ0v) is 16.8. The number of hydrogen-bond donors (Lipinski definition) is 0. The van der Waals surface area contributed by atoms with Gasteiger partial charge in [-0.3, -0.25) is 0 Å². The first-order valence-electron chi connectivity index (χ1n) is 8.73. The fourth-order valence-corrected chi connectivity index (χ4v) is 3.45. The minimum atomic E-state index is -0.552. The summed E-state index contributed by atoms with van der Waals surface area (Å²) in [5.41, 5.74) is 2.15. The predicted molar refractivity (Wildman–Crippen MR) is 114 cm³/mol. The molecule has 0 saturated carbocycles. The number of carbonyl (C=O) groups excluding carboxylic acids is 1. The Morgan fingerprint density at radius 2 is 1.69 bits per heavy atom. The molecule has 0 aliphatic carbocycles. The van der Waals surface area contributed by atoms with E-state index in [2.05, 4.69) is 0 Å². The summed E-state index contributed by atoms with van der Waals surface area (Å²) in [7, 11) is 0. The fourth-order valence-electron chi connectivity index (χ4n) is 3.13. The summed E-state index contributed by atoms with van der Waals surface area (Å²) in [5, 5.41) is 1.77. The van der Waals surface area contributed by atoms with Crippen LogP contribution in [-0.2, 0) is 0 Å². The van der Waals surface area contributed by atoms with Gasteiger partial charge in [-0.05, 0) is 60.5 Å². The molecule has 144 valence electrons. The van der Waals surface area contributed by atoms with Crippen LogP contribution < -0.4 is 10.4 Å². The highest BCUT2D eigenvalue weighted by molar-refractivity contribution is 6.31. The van der Waals surface area contributed by atoms with Crippen LogP contribution in [0.1, 0.15) is 15.9 Å². The Balaban J connectivity index is 1.72. The van der Waals surface area contributed by atoms with Gasteiger partial charge in [-0.1, -0.05) is 41.4 Å². The molecular formula is C23H14Cl2O4. The Hall–Kier alpha value is -3.08. The number of aryl methyl sites for hydroxylation is 1. The highest BCUT2D eigenvalue weighted by Crippen LogP contribution is 2.30. The quantitative estimate of drug-likeness (QED) is 0.220. The lowest BCUT2D eigenvalue weighted by Crippen LogP contribution is -2.09. The van der Waals surface area contributed by atoms with Crippen molar-refractivity contribution in [3.63, 3.8) is 0 Å². The molecule has 0 N–H and O–H groups in total. The Morgan fingerprint density at radius 3 is 2.41 bits per heavy atom. The number of halogens is 2. The van der Waals surface area contributed by atoms with Crippen LogP contribution in [0.4, 0.5) is 0 Å². The van der Waals surface area contributed by atoms with E-state index in [0.29, 0.717) is 26.8 Å². The molecule has 3 aromatic carbocycles. The maximum atomic E-state index is 12.6. The van der Waals surface area contributed by atoms with Crippen LogP contribution in [0.2, 0.25) is 10.0 Å². The number of ether oxygens (including phenoxy) is 1. The van der Waals surface area contributed by atoms with Crippen molar-refractivity contribution < 1.29 is 13.9 Å². The first-order chi connectivity index (χ1) is 13.9. The van der Waals surface area contributed by atoms with Crippen LogP contribution in [0.25, 0.3) is 22.1 Å². The van der Waals surface area contributed by atoms with E-state index in [-0.39, 0.29) is 5.75 Å². The van der Waals surface area contributed by atoms with Crippen LogP contribution in [-0.4, -0.2) is 5.97 Å². The van der Waals surface area contributed by atoms with Crippen molar-refractivity contribution in [3.8, 4) is 16.9 Å². The molecule has 1 aromatic heterocycles. The van der Waals surface area contributed by atoms with Crippen molar-refractivity contribution in [3.05, 3.63) is 98.3 Å². The SMILES string of the molecule is Cc1c(-c2ccc(Cl)cc2)c(=O)oc2cc(OC(=O)c3cccc(Cl)c3)ccc12. The van der Waals surface area contributed by atoms with Crippen molar-refractivity contribution in [2.24, 2.45) is 0 Å². The van der Waals surface area contributed by atoms with Gasteiger partial charge in [0, 0.05) is 21.5 Å². The molecule has 0 aliphatic heterocycles. The Bertz CT molecular complexity index is 1290. The van der Waals surface area contributed by atoms with Crippen LogP contribution in [0.15, 0.2) is 75.9 Å². The number of esters is 1. The maximum Gasteiger partial charge on any atom is 0.344 e. The van der Waals surface area contributed by atoms with Crippen LogP contribution in [0, 0.1) is 6.92 Å². The maximum absolute atomic E-state index is 12.6. The van der Waals surface area contributed by atoms with Crippen molar-refractivity contribution >= 4 is 40.1 Å². The molecule has 1 heterocycles. The average Bonchev–Trinajstić information content (AvgIpc) is 2.69. The Morgan fingerprint density at radius 1 is 0.931 bits per heavy atom. The average molecular weight is 425 g/mol. The summed E-state index contributed by atoms with van der Waals surface area (Å²) in [4.78, 5) is 24.9. The third kappa shape index (κ3) is 3.90. The summed E-state index contributed by atoms with van der Waals surface area (Å²) in [6.07, 6.45) is 0. The van der Waals surface area contributed by atoms with Gasteiger partial charge in [0.25, 0.3) is 0 Å². The van der Waals surface area contributed by atoms with Gasteiger partial charge in [0.05, 0.1) is 11.1 Å². The van der Waals surface area contributed by atoms with Gasteiger partial charge < -0.3 is 9.15 Å². The molecule has 0 atom stereocenters. The van der Waals surface area contributed by atoms with Gasteiger partial charge in [-0.25, -0.2) is 9.59 Å². The van der Waals surface area contributed by atoms with Gasteiger partial charge >= 0.3 is 11.6 Å². The fraction of sp³-hybridized carbons (Fsp3) is 0.0435. The first-order valence-corrected chi connectivity index (χ1v) is 9.49. The van der Waals surface area contributed by atoms with Crippen molar-refractivity contribution in [2.45, 2.75) is 6.92 Å². The molecule has 0 fully saturated rings. The lowest BCUT2D eigenvalue weighted by atomic mass is 10.00. The summed E-state index contributed by atoms with van der Waals surface area (Å²) in [6.45, 7) is 1.85. The second-order valence-electron chi connectivity index (χ2n) is 6.45. The minimum Gasteiger partial charge on any atom is -0.423 e.